The van der Waals surface area contributed by atoms with Crippen LogP contribution in [0, 0.1) is 26.6 Å². The van der Waals surface area contributed by atoms with E-state index in [1.165, 1.54) is 16.7 Å². The molecule has 0 spiro atoms. The first-order chi connectivity index (χ1) is 9.51. The third kappa shape index (κ3) is 3.26. The molecule has 2 heteroatoms. The van der Waals surface area contributed by atoms with Crippen LogP contribution in [0.4, 0.5) is 4.39 Å². The number of rotatable bonds is 4. The van der Waals surface area contributed by atoms with Crippen molar-refractivity contribution in [2.75, 3.05) is 6.54 Å². The third-order valence-corrected chi connectivity index (χ3v) is 3.51. The van der Waals surface area contributed by atoms with Crippen LogP contribution in [0.25, 0.3) is 0 Å². The second-order valence-corrected chi connectivity index (χ2v) is 5.42. The molecule has 0 saturated carbocycles. The lowest BCUT2D eigenvalue weighted by Crippen LogP contribution is -2.22. The summed E-state index contributed by atoms with van der Waals surface area (Å²) in [5, 5.41) is 3.45. The van der Waals surface area contributed by atoms with Gasteiger partial charge in [-0.25, -0.2) is 4.39 Å². The van der Waals surface area contributed by atoms with Crippen LogP contribution in [-0.2, 0) is 0 Å². The van der Waals surface area contributed by atoms with Crippen molar-refractivity contribution in [3.05, 3.63) is 70.0 Å². The Kier molecular flexibility index (Phi) is 4.56. The molecule has 2 aromatic carbocycles. The van der Waals surface area contributed by atoms with Crippen LogP contribution in [0.5, 0.6) is 0 Å². The minimum absolute atomic E-state index is 0.0358. The molecule has 0 heterocycles. The van der Waals surface area contributed by atoms with Gasteiger partial charge in [0.05, 0.1) is 6.04 Å². The molecule has 0 aliphatic heterocycles. The molecule has 2 aromatic rings. The summed E-state index contributed by atoms with van der Waals surface area (Å²) >= 11 is 0. The van der Waals surface area contributed by atoms with Gasteiger partial charge in [-0.15, -0.1) is 0 Å². The van der Waals surface area contributed by atoms with E-state index in [-0.39, 0.29) is 11.9 Å². The summed E-state index contributed by atoms with van der Waals surface area (Å²) in [6.45, 7) is 8.88. The van der Waals surface area contributed by atoms with Crippen molar-refractivity contribution in [2.45, 2.75) is 33.7 Å². The molecule has 0 aliphatic rings. The van der Waals surface area contributed by atoms with Gasteiger partial charge in [-0.1, -0.05) is 48.4 Å². The van der Waals surface area contributed by atoms with Crippen molar-refractivity contribution in [3.63, 3.8) is 0 Å². The normalized spacial score (nSPS) is 12.4. The zero-order chi connectivity index (χ0) is 14.7. The molecule has 0 bridgehead atoms. The molecule has 0 aromatic heterocycles. The van der Waals surface area contributed by atoms with Crippen molar-refractivity contribution in [1.82, 2.24) is 5.32 Å². The van der Waals surface area contributed by atoms with Crippen LogP contribution in [0.3, 0.4) is 0 Å². The maximum absolute atomic E-state index is 13.8. The average Bonchev–Trinajstić information content (AvgIpc) is 2.38. The smallest absolute Gasteiger partial charge is 0.126 e. The first kappa shape index (κ1) is 14.7. The zero-order valence-electron chi connectivity index (χ0n) is 12.6. The second kappa shape index (κ2) is 6.19. The van der Waals surface area contributed by atoms with Crippen molar-refractivity contribution in [2.24, 2.45) is 0 Å². The Morgan fingerprint density at radius 3 is 2.15 bits per heavy atom. The van der Waals surface area contributed by atoms with Gasteiger partial charge in [0.15, 0.2) is 0 Å². The van der Waals surface area contributed by atoms with Gasteiger partial charge in [0.1, 0.15) is 5.82 Å². The summed E-state index contributed by atoms with van der Waals surface area (Å²) in [5.41, 5.74) is 5.31. The van der Waals surface area contributed by atoms with E-state index in [1.54, 1.807) is 13.0 Å². The van der Waals surface area contributed by atoms with E-state index in [1.807, 2.05) is 12.1 Å². The van der Waals surface area contributed by atoms with Crippen LogP contribution in [0.2, 0.25) is 0 Å². The molecule has 0 saturated heterocycles. The van der Waals surface area contributed by atoms with Crippen molar-refractivity contribution >= 4 is 0 Å². The minimum Gasteiger partial charge on any atom is -0.307 e. The Balaban J connectivity index is 2.46. The molecule has 1 unspecified atom stereocenters. The van der Waals surface area contributed by atoms with Crippen LogP contribution < -0.4 is 5.32 Å². The lowest BCUT2D eigenvalue weighted by Gasteiger charge is -2.20. The van der Waals surface area contributed by atoms with Crippen LogP contribution >= 0.6 is 0 Å². The summed E-state index contributed by atoms with van der Waals surface area (Å²) < 4.78 is 13.8. The molecule has 1 nitrogen and oxygen atoms in total. The Morgan fingerprint density at radius 2 is 1.60 bits per heavy atom. The lowest BCUT2D eigenvalue weighted by molar-refractivity contribution is 0.597. The van der Waals surface area contributed by atoms with E-state index < -0.39 is 0 Å². The van der Waals surface area contributed by atoms with Crippen LogP contribution in [0.15, 0.2) is 36.4 Å². The number of nitrogens with one attached hydrogen (secondary N) is 1. The fraction of sp³-hybridized carbons (Fsp3) is 0.333. The standard InChI is InChI=1S/C18H22FN/c1-5-20-18(15-7-6-14(4)17(19)11-15)16-9-12(2)8-13(3)10-16/h6-11,18,20H,5H2,1-4H3. The largest absolute Gasteiger partial charge is 0.307 e. The van der Waals surface area contributed by atoms with Crippen molar-refractivity contribution in [1.29, 1.82) is 0 Å². The van der Waals surface area contributed by atoms with Gasteiger partial charge >= 0.3 is 0 Å². The van der Waals surface area contributed by atoms with E-state index >= 15 is 0 Å². The summed E-state index contributed by atoms with van der Waals surface area (Å²) in [6, 6.07) is 12.0. The molecule has 1 N–H and O–H groups in total. The molecule has 106 valence electrons. The van der Waals surface area contributed by atoms with Gasteiger partial charge < -0.3 is 5.32 Å². The molecule has 0 aliphatic carbocycles. The summed E-state index contributed by atoms with van der Waals surface area (Å²) in [6.07, 6.45) is 0. The van der Waals surface area contributed by atoms with Crippen LogP contribution in [0.1, 0.15) is 40.8 Å². The highest BCUT2D eigenvalue weighted by atomic mass is 19.1. The fourth-order valence-electron chi connectivity index (χ4n) is 2.60. The van der Waals surface area contributed by atoms with E-state index in [2.05, 4.69) is 44.3 Å². The zero-order valence-corrected chi connectivity index (χ0v) is 12.6. The molecule has 2 rings (SSSR count). The molecular weight excluding hydrogens is 249 g/mol. The highest BCUT2D eigenvalue weighted by molar-refractivity contribution is 5.38. The summed E-state index contributed by atoms with van der Waals surface area (Å²) in [5.74, 6) is -0.144. The minimum atomic E-state index is -0.144. The summed E-state index contributed by atoms with van der Waals surface area (Å²) in [4.78, 5) is 0. The maximum atomic E-state index is 13.8. The highest BCUT2D eigenvalue weighted by Crippen LogP contribution is 2.25. The average molecular weight is 271 g/mol. The lowest BCUT2D eigenvalue weighted by atomic mass is 9.95. The quantitative estimate of drug-likeness (QED) is 0.866. The first-order valence-electron chi connectivity index (χ1n) is 7.09. The van der Waals surface area contributed by atoms with Gasteiger partial charge in [0.25, 0.3) is 0 Å². The van der Waals surface area contributed by atoms with Crippen molar-refractivity contribution < 1.29 is 4.39 Å². The molecular formula is C18H22FN. The predicted octanol–water partition coefficient (Wildman–Crippen LogP) is 4.45. The number of aryl methyl sites for hydroxylation is 3. The van der Waals surface area contributed by atoms with Crippen molar-refractivity contribution in [3.8, 4) is 0 Å². The number of halogens is 1. The molecule has 0 fully saturated rings. The highest BCUT2D eigenvalue weighted by Gasteiger charge is 2.15. The number of benzene rings is 2. The van der Waals surface area contributed by atoms with E-state index in [9.17, 15) is 4.39 Å². The second-order valence-electron chi connectivity index (χ2n) is 5.42. The fourth-order valence-corrected chi connectivity index (χ4v) is 2.60. The molecule has 20 heavy (non-hydrogen) atoms. The summed E-state index contributed by atoms with van der Waals surface area (Å²) in [7, 11) is 0. The Labute approximate surface area is 120 Å². The SMILES string of the molecule is CCNC(c1cc(C)cc(C)c1)c1ccc(C)c(F)c1. The number of hydrogen-bond donors (Lipinski definition) is 1. The third-order valence-electron chi connectivity index (χ3n) is 3.51. The Morgan fingerprint density at radius 1 is 0.950 bits per heavy atom. The maximum Gasteiger partial charge on any atom is 0.126 e. The Hall–Kier alpha value is -1.67. The van der Waals surface area contributed by atoms with E-state index in [4.69, 9.17) is 0 Å². The predicted molar refractivity (Wildman–Crippen MR) is 82.6 cm³/mol. The van der Waals surface area contributed by atoms with Gasteiger partial charge in [-0.3, -0.25) is 0 Å². The van der Waals surface area contributed by atoms with Gasteiger partial charge in [-0.05, 0) is 50.1 Å². The Bertz CT molecular complexity index is 584. The van der Waals surface area contributed by atoms with E-state index in [0.717, 1.165) is 12.1 Å². The topological polar surface area (TPSA) is 12.0 Å². The molecule has 0 amide bonds. The van der Waals surface area contributed by atoms with Crippen LogP contribution in [-0.4, -0.2) is 6.54 Å². The first-order valence-corrected chi connectivity index (χ1v) is 7.09. The number of hydrogen-bond acceptors (Lipinski definition) is 1. The van der Waals surface area contributed by atoms with Gasteiger partial charge in [-0.2, -0.15) is 0 Å². The monoisotopic (exact) mass is 271 g/mol. The molecule has 0 radical (unpaired) electrons. The van der Waals surface area contributed by atoms with E-state index in [0.29, 0.717) is 5.56 Å². The van der Waals surface area contributed by atoms with Gasteiger partial charge in [0, 0.05) is 0 Å². The molecule has 1 atom stereocenters. The van der Waals surface area contributed by atoms with Gasteiger partial charge in [0.2, 0.25) is 0 Å².